The lowest BCUT2D eigenvalue weighted by Crippen LogP contribution is -2.14. The van der Waals surface area contributed by atoms with Gasteiger partial charge in [-0.1, -0.05) is 24.3 Å². The van der Waals surface area contributed by atoms with Gasteiger partial charge >= 0.3 is 0 Å². The van der Waals surface area contributed by atoms with Crippen molar-refractivity contribution < 1.29 is 14.3 Å². The number of hydrogen-bond acceptors (Lipinski definition) is 3. The molecule has 0 radical (unpaired) electrons. The average molecular weight is 282 g/mol. The molecule has 0 unspecified atom stereocenters. The summed E-state index contributed by atoms with van der Waals surface area (Å²) in [6.45, 7) is 0.691. The van der Waals surface area contributed by atoms with Crippen LogP contribution >= 0.6 is 0 Å². The van der Waals surface area contributed by atoms with Crippen molar-refractivity contribution >= 4 is 5.78 Å². The predicted octanol–water partition coefficient (Wildman–Crippen LogP) is 3.45. The Morgan fingerprint density at radius 3 is 2.95 bits per heavy atom. The van der Waals surface area contributed by atoms with E-state index in [0.717, 1.165) is 35.5 Å². The van der Waals surface area contributed by atoms with Crippen LogP contribution in [0.15, 0.2) is 42.5 Å². The van der Waals surface area contributed by atoms with Crippen molar-refractivity contribution in [2.24, 2.45) is 0 Å². The molecule has 21 heavy (non-hydrogen) atoms. The van der Waals surface area contributed by atoms with Gasteiger partial charge in [0.15, 0.2) is 5.78 Å². The molecule has 0 bridgehead atoms. The van der Waals surface area contributed by atoms with Gasteiger partial charge in [0.2, 0.25) is 0 Å². The molecule has 0 atom stereocenters. The first-order valence-electron chi connectivity index (χ1n) is 7.19. The third-order valence-electron chi connectivity index (χ3n) is 3.73. The van der Waals surface area contributed by atoms with Crippen molar-refractivity contribution in [3.8, 4) is 11.5 Å². The molecule has 2 aromatic carbocycles. The highest BCUT2D eigenvalue weighted by Gasteiger charge is 2.19. The van der Waals surface area contributed by atoms with Crippen LogP contribution in [0.3, 0.4) is 0 Å². The number of hydrogen-bond donors (Lipinski definition) is 0. The van der Waals surface area contributed by atoms with E-state index in [1.807, 2.05) is 42.5 Å². The molecule has 0 N–H and O–H groups in total. The van der Waals surface area contributed by atoms with Gasteiger partial charge in [0.25, 0.3) is 0 Å². The average Bonchev–Trinajstić information content (AvgIpc) is 2.54. The lowest BCUT2D eigenvalue weighted by Gasteiger charge is -2.19. The Morgan fingerprint density at radius 2 is 2.10 bits per heavy atom. The molecule has 0 aromatic heterocycles. The Morgan fingerprint density at radius 1 is 1.24 bits per heavy atom. The second kappa shape index (κ2) is 6.00. The summed E-state index contributed by atoms with van der Waals surface area (Å²) in [6, 6.07) is 13.4. The normalized spacial score (nSPS) is 13.2. The summed E-state index contributed by atoms with van der Waals surface area (Å²) < 4.78 is 10.9. The molecule has 1 aliphatic rings. The zero-order chi connectivity index (χ0) is 14.7. The molecule has 0 fully saturated rings. The molecule has 0 saturated carbocycles. The van der Waals surface area contributed by atoms with E-state index in [1.165, 1.54) is 0 Å². The summed E-state index contributed by atoms with van der Waals surface area (Å²) in [5.41, 5.74) is 2.78. The van der Waals surface area contributed by atoms with Gasteiger partial charge in [-0.25, -0.2) is 0 Å². The first-order valence-corrected chi connectivity index (χ1v) is 7.19. The van der Waals surface area contributed by atoms with Gasteiger partial charge in [0, 0.05) is 6.42 Å². The number of rotatable bonds is 4. The van der Waals surface area contributed by atoms with Gasteiger partial charge in [-0.2, -0.15) is 0 Å². The van der Waals surface area contributed by atoms with E-state index in [9.17, 15) is 4.79 Å². The van der Waals surface area contributed by atoms with Gasteiger partial charge in [-0.05, 0) is 42.2 Å². The summed E-state index contributed by atoms with van der Waals surface area (Å²) in [4.78, 5) is 12.6. The van der Waals surface area contributed by atoms with Gasteiger partial charge in [0.05, 0.1) is 19.3 Å². The maximum atomic E-state index is 12.6. The zero-order valence-corrected chi connectivity index (χ0v) is 12.1. The number of methoxy groups -OCH3 is 1. The van der Waals surface area contributed by atoms with Crippen molar-refractivity contribution in [2.75, 3.05) is 13.7 Å². The standard InChI is InChI=1S/C18H18O3/c1-20-15-8-2-5-13(11-15)12-17(19)16-9-3-6-14-7-4-10-21-18(14)16/h2-3,5-6,8-9,11H,4,7,10,12H2,1H3. The minimum atomic E-state index is 0.0852. The number of aryl methyl sites for hydroxylation is 1. The SMILES string of the molecule is COc1cccc(CC(=O)c2cccc3c2OCCC3)c1. The number of para-hydroxylation sites is 1. The molecule has 2 aromatic rings. The quantitative estimate of drug-likeness (QED) is 0.806. The third kappa shape index (κ3) is 2.92. The van der Waals surface area contributed by atoms with Crippen molar-refractivity contribution in [3.05, 3.63) is 59.2 Å². The second-order valence-corrected chi connectivity index (χ2v) is 5.20. The van der Waals surface area contributed by atoms with Crippen molar-refractivity contribution in [1.82, 2.24) is 0 Å². The van der Waals surface area contributed by atoms with Crippen LogP contribution in [0.1, 0.15) is 27.9 Å². The van der Waals surface area contributed by atoms with E-state index in [2.05, 4.69) is 0 Å². The summed E-state index contributed by atoms with van der Waals surface area (Å²) >= 11 is 0. The minimum absolute atomic E-state index is 0.0852. The fraction of sp³-hybridized carbons (Fsp3) is 0.278. The number of ether oxygens (including phenoxy) is 2. The molecular weight excluding hydrogens is 264 g/mol. The molecule has 1 heterocycles. The van der Waals surface area contributed by atoms with E-state index >= 15 is 0 Å². The summed E-state index contributed by atoms with van der Waals surface area (Å²) in [6.07, 6.45) is 2.35. The fourth-order valence-electron chi connectivity index (χ4n) is 2.67. The number of benzene rings is 2. The van der Waals surface area contributed by atoms with Crippen LogP contribution in [0.4, 0.5) is 0 Å². The highest BCUT2D eigenvalue weighted by molar-refractivity contribution is 6.00. The number of carbonyl (C=O) groups excluding carboxylic acids is 1. The molecular formula is C18H18O3. The molecule has 3 nitrogen and oxygen atoms in total. The topological polar surface area (TPSA) is 35.5 Å². The van der Waals surface area contributed by atoms with Gasteiger partial charge < -0.3 is 9.47 Å². The van der Waals surface area contributed by atoms with Crippen LogP contribution in [0.5, 0.6) is 11.5 Å². The van der Waals surface area contributed by atoms with E-state index in [0.29, 0.717) is 18.6 Å². The number of ketones is 1. The first-order chi connectivity index (χ1) is 10.3. The molecule has 0 spiro atoms. The van der Waals surface area contributed by atoms with E-state index in [4.69, 9.17) is 9.47 Å². The Bertz CT molecular complexity index is 661. The Kier molecular flexibility index (Phi) is 3.91. The predicted molar refractivity (Wildman–Crippen MR) is 81.3 cm³/mol. The molecule has 0 aliphatic carbocycles. The highest BCUT2D eigenvalue weighted by Crippen LogP contribution is 2.30. The van der Waals surface area contributed by atoms with E-state index in [-0.39, 0.29) is 5.78 Å². The van der Waals surface area contributed by atoms with Crippen LogP contribution in [-0.2, 0) is 12.8 Å². The Hall–Kier alpha value is -2.29. The monoisotopic (exact) mass is 282 g/mol. The number of Topliss-reactive ketones (excluding diaryl/α,β-unsaturated/α-hetero) is 1. The largest absolute Gasteiger partial charge is 0.497 e. The molecule has 0 amide bonds. The summed E-state index contributed by atoms with van der Waals surface area (Å²) in [5, 5.41) is 0. The fourth-order valence-corrected chi connectivity index (χ4v) is 2.67. The molecule has 108 valence electrons. The van der Waals surface area contributed by atoms with Crippen molar-refractivity contribution in [1.29, 1.82) is 0 Å². The van der Waals surface area contributed by atoms with Crippen LogP contribution in [-0.4, -0.2) is 19.5 Å². The third-order valence-corrected chi connectivity index (χ3v) is 3.73. The number of carbonyl (C=O) groups is 1. The van der Waals surface area contributed by atoms with Gasteiger partial charge in [0.1, 0.15) is 11.5 Å². The lowest BCUT2D eigenvalue weighted by molar-refractivity contribution is 0.0988. The van der Waals surface area contributed by atoms with Crippen LogP contribution in [0.2, 0.25) is 0 Å². The molecule has 0 saturated heterocycles. The second-order valence-electron chi connectivity index (χ2n) is 5.20. The van der Waals surface area contributed by atoms with Crippen LogP contribution < -0.4 is 9.47 Å². The maximum Gasteiger partial charge on any atom is 0.170 e. The van der Waals surface area contributed by atoms with Crippen LogP contribution in [0, 0.1) is 0 Å². The Balaban J connectivity index is 1.85. The zero-order valence-electron chi connectivity index (χ0n) is 12.1. The highest BCUT2D eigenvalue weighted by atomic mass is 16.5. The van der Waals surface area contributed by atoms with E-state index < -0.39 is 0 Å². The summed E-state index contributed by atoms with van der Waals surface area (Å²) in [7, 11) is 1.63. The van der Waals surface area contributed by atoms with Gasteiger partial charge in [-0.15, -0.1) is 0 Å². The molecule has 3 rings (SSSR count). The first kappa shape index (κ1) is 13.7. The maximum absolute atomic E-state index is 12.6. The molecule has 3 heteroatoms. The summed E-state index contributed by atoms with van der Waals surface area (Å²) in [5.74, 6) is 1.63. The number of fused-ring (bicyclic) bond motifs is 1. The minimum Gasteiger partial charge on any atom is -0.497 e. The smallest absolute Gasteiger partial charge is 0.170 e. The van der Waals surface area contributed by atoms with Gasteiger partial charge in [-0.3, -0.25) is 4.79 Å². The van der Waals surface area contributed by atoms with E-state index in [1.54, 1.807) is 7.11 Å². The lowest BCUT2D eigenvalue weighted by atomic mass is 9.97. The van der Waals surface area contributed by atoms with Crippen LogP contribution in [0.25, 0.3) is 0 Å². The molecule has 1 aliphatic heterocycles. The van der Waals surface area contributed by atoms with Crippen molar-refractivity contribution in [3.63, 3.8) is 0 Å². The van der Waals surface area contributed by atoms with Crippen molar-refractivity contribution in [2.45, 2.75) is 19.3 Å². The Labute approximate surface area is 124 Å².